The van der Waals surface area contributed by atoms with Gasteiger partial charge >= 0.3 is 6.03 Å². The summed E-state index contributed by atoms with van der Waals surface area (Å²) >= 11 is 5.86. The Hall–Kier alpha value is -1.22. The first-order chi connectivity index (χ1) is 10.2. The molecule has 1 aromatic rings. The summed E-state index contributed by atoms with van der Waals surface area (Å²) in [4.78, 5) is 12.2. The highest BCUT2D eigenvalue weighted by Crippen LogP contribution is 2.53. The second-order valence-electron chi connectivity index (χ2n) is 7.06. The highest BCUT2D eigenvalue weighted by molar-refractivity contribution is 6.30. The molecule has 21 heavy (non-hydrogen) atoms. The van der Waals surface area contributed by atoms with Gasteiger partial charge in [-0.05, 0) is 80.0 Å². The predicted octanol–water partition coefficient (Wildman–Crippen LogP) is 4.29. The monoisotopic (exact) mass is 304 g/mol. The first-order valence-electron chi connectivity index (χ1n) is 8.00. The van der Waals surface area contributed by atoms with Crippen LogP contribution in [0.15, 0.2) is 24.3 Å². The van der Waals surface area contributed by atoms with Crippen molar-refractivity contribution in [1.29, 1.82) is 0 Å². The fourth-order valence-electron chi connectivity index (χ4n) is 5.01. The number of halogens is 1. The molecule has 0 aliphatic heterocycles. The number of amides is 2. The van der Waals surface area contributed by atoms with Crippen molar-refractivity contribution < 1.29 is 4.79 Å². The Morgan fingerprint density at radius 3 is 2.10 bits per heavy atom. The van der Waals surface area contributed by atoms with Gasteiger partial charge in [-0.1, -0.05) is 11.6 Å². The Morgan fingerprint density at radius 2 is 1.52 bits per heavy atom. The summed E-state index contributed by atoms with van der Waals surface area (Å²) in [6.45, 7) is 0. The maximum atomic E-state index is 12.2. The summed E-state index contributed by atoms with van der Waals surface area (Å²) in [6.07, 6.45) is 6.71. The Bertz CT molecular complexity index is 514. The zero-order valence-electron chi connectivity index (χ0n) is 12.0. The van der Waals surface area contributed by atoms with Gasteiger partial charge < -0.3 is 10.6 Å². The van der Waals surface area contributed by atoms with Gasteiger partial charge in [-0.3, -0.25) is 0 Å². The molecule has 0 aromatic heterocycles. The summed E-state index contributed by atoms with van der Waals surface area (Å²) in [7, 11) is 0. The highest BCUT2D eigenvalue weighted by atomic mass is 35.5. The van der Waals surface area contributed by atoms with E-state index in [9.17, 15) is 4.79 Å². The van der Waals surface area contributed by atoms with E-state index in [1.54, 1.807) is 12.1 Å². The van der Waals surface area contributed by atoms with E-state index in [1.165, 1.54) is 32.1 Å². The lowest BCUT2D eigenvalue weighted by Crippen LogP contribution is -2.56. The summed E-state index contributed by atoms with van der Waals surface area (Å²) in [5.74, 6) is 3.28. The second-order valence-corrected chi connectivity index (χ2v) is 7.50. The molecule has 4 heteroatoms. The topological polar surface area (TPSA) is 41.1 Å². The average Bonchev–Trinajstić information content (AvgIpc) is 2.45. The molecule has 4 aliphatic rings. The maximum absolute atomic E-state index is 12.2. The molecule has 0 heterocycles. The average molecular weight is 305 g/mol. The molecule has 0 radical (unpaired) electrons. The molecule has 4 bridgehead atoms. The number of urea groups is 1. The van der Waals surface area contributed by atoms with Crippen LogP contribution in [-0.2, 0) is 0 Å². The predicted molar refractivity (Wildman–Crippen MR) is 84.4 cm³/mol. The Kier molecular flexibility index (Phi) is 3.33. The van der Waals surface area contributed by atoms with Gasteiger partial charge in [0.2, 0.25) is 0 Å². The second kappa shape index (κ2) is 5.20. The molecule has 0 spiro atoms. The third-order valence-corrected chi connectivity index (χ3v) is 5.88. The van der Waals surface area contributed by atoms with Crippen molar-refractivity contribution in [2.75, 3.05) is 5.32 Å². The minimum Gasteiger partial charge on any atom is -0.335 e. The Labute approximate surface area is 130 Å². The molecule has 4 fully saturated rings. The zero-order chi connectivity index (χ0) is 14.4. The van der Waals surface area contributed by atoms with Gasteiger partial charge in [0, 0.05) is 16.8 Å². The molecule has 0 unspecified atom stereocenters. The van der Waals surface area contributed by atoms with E-state index < -0.39 is 0 Å². The van der Waals surface area contributed by atoms with Crippen molar-refractivity contribution >= 4 is 23.3 Å². The first kappa shape index (κ1) is 13.4. The van der Waals surface area contributed by atoms with Crippen LogP contribution in [0.2, 0.25) is 5.02 Å². The van der Waals surface area contributed by atoms with Crippen molar-refractivity contribution in [3.05, 3.63) is 29.3 Å². The lowest BCUT2D eigenvalue weighted by Gasteiger charge is -2.54. The number of anilines is 1. The smallest absolute Gasteiger partial charge is 0.319 e. The van der Waals surface area contributed by atoms with Gasteiger partial charge in [-0.15, -0.1) is 0 Å². The quantitative estimate of drug-likeness (QED) is 0.841. The third-order valence-electron chi connectivity index (χ3n) is 5.63. The molecule has 2 N–H and O–H groups in total. The van der Waals surface area contributed by atoms with Gasteiger partial charge in [0.05, 0.1) is 0 Å². The Morgan fingerprint density at radius 1 is 0.952 bits per heavy atom. The standard InChI is InChI=1S/C17H21ClN2O/c18-14-1-3-15(4-2-14)19-17(21)20-16-12-6-10-5-11(8-12)9-13(16)7-10/h1-4,10-13,16H,5-9H2,(H2,19,20,21). The molecular formula is C17H21ClN2O. The molecule has 112 valence electrons. The fourth-order valence-corrected chi connectivity index (χ4v) is 5.14. The van der Waals surface area contributed by atoms with Gasteiger partial charge in [-0.25, -0.2) is 4.79 Å². The van der Waals surface area contributed by atoms with Crippen LogP contribution in [-0.4, -0.2) is 12.1 Å². The molecule has 0 atom stereocenters. The number of nitrogens with one attached hydrogen (secondary N) is 2. The van der Waals surface area contributed by atoms with E-state index in [4.69, 9.17) is 11.6 Å². The van der Waals surface area contributed by atoms with Gasteiger partial charge in [0.15, 0.2) is 0 Å². The van der Waals surface area contributed by atoms with Gasteiger partial charge in [0.25, 0.3) is 0 Å². The molecule has 5 rings (SSSR count). The van der Waals surface area contributed by atoms with Crippen molar-refractivity contribution in [2.45, 2.75) is 38.1 Å². The molecule has 3 nitrogen and oxygen atoms in total. The SMILES string of the molecule is O=C(Nc1ccc(Cl)cc1)NC1C2CC3CC(C2)CC1C3. The minimum absolute atomic E-state index is 0.0743. The third kappa shape index (κ3) is 2.64. The largest absolute Gasteiger partial charge is 0.335 e. The van der Waals surface area contributed by atoms with Gasteiger partial charge in [-0.2, -0.15) is 0 Å². The van der Waals surface area contributed by atoms with Crippen LogP contribution >= 0.6 is 11.6 Å². The molecule has 2 amide bonds. The lowest BCUT2D eigenvalue weighted by atomic mass is 9.54. The van der Waals surface area contributed by atoms with E-state index in [0.717, 1.165) is 17.5 Å². The summed E-state index contributed by atoms with van der Waals surface area (Å²) in [5.41, 5.74) is 0.792. The lowest BCUT2D eigenvalue weighted by molar-refractivity contribution is -0.00883. The number of hydrogen-bond acceptors (Lipinski definition) is 1. The summed E-state index contributed by atoms with van der Waals surface area (Å²) in [6, 6.07) is 7.55. The normalized spacial score (nSPS) is 36.5. The number of carbonyl (C=O) groups excluding carboxylic acids is 1. The number of benzene rings is 1. The zero-order valence-corrected chi connectivity index (χ0v) is 12.8. The van der Waals surface area contributed by atoms with Crippen LogP contribution in [0.25, 0.3) is 0 Å². The van der Waals surface area contributed by atoms with Crippen LogP contribution < -0.4 is 10.6 Å². The number of carbonyl (C=O) groups is 1. The van der Waals surface area contributed by atoms with Crippen molar-refractivity contribution in [1.82, 2.24) is 5.32 Å². The van der Waals surface area contributed by atoms with E-state index in [0.29, 0.717) is 22.9 Å². The first-order valence-corrected chi connectivity index (χ1v) is 8.38. The van der Waals surface area contributed by atoms with E-state index in [2.05, 4.69) is 10.6 Å². The maximum Gasteiger partial charge on any atom is 0.319 e. The van der Waals surface area contributed by atoms with E-state index in [-0.39, 0.29) is 6.03 Å². The van der Waals surface area contributed by atoms with E-state index in [1.807, 2.05) is 12.1 Å². The van der Waals surface area contributed by atoms with Crippen molar-refractivity contribution in [3.8, 4) is 0 Å². The van der Waals surface area contributed by atoms with Crippen molar-refractivity contribution in [3.63, 3.8) is 0 Å². The molecular weight excluding hydrogens is 284 g/mol. The van der Waals surface area contributed by atoms with Crippen LogP contribution in [0, 0.1) is 23.7 Å². The molecule has 0 saturated heterocycles. The highest BCUT2D eigenvalue weighted by Gasteiger charge is 2.48. The van der Waals surface area contributed by atoms with Crippen LogP contribution in [0.3, 0.4) is 0 Å². The van der Waals surface area contributed by atoms with Crippen LogP contribution in [0.1, 0.15) is 32.1 Å². The molecule has 4 aliphatic carbocycles. The fraction of sp³-hybridized carbons (Fsp3) is 0.588. The van der Waals surface area contributed by atoms with E-state index >= 15 is 0 Å². The molecule has 1 aromatic carbocycles. The number of rotatable bonds is 2. The summed E-state index contributed by atoms with van der Waals surface area (Å²) in [5, 5.41) is 6.84. The summed E-state index contributed by atoms with van der Waals surface area (Å²) < 4.78 is 0. The van der Waals surface area contributed by atoms with Crippen LogP contribution in [0.4, 0.5) is 10.5 Å². The van der Waals surface area contributed by atoms with Crippen LogP contribution in [0.5, 0.6) is 0 Å². The van der Waals surface area contributed by atoms with Crippen molar-refractivity contribution in [2.24, 2.45) is 23.7 Å². The number of hydrogen-bond donors (Lipinski definition) is 2. The minimum atomic E-state index is -0.0743. The molecule has 4 saturated carbocycles. The Balaban J connectivity index is 1.39. The van der Waals surface area contributed by atoms with Gasteiger partial charge in [0.1, 0.15) is 0 Å².